The molecule has 0 unspecified atom stereocenters. The minimum Gasteiger partial charge on any atom is -0.302 e. The van der Waals surface area contributed by atoms with Gasteiger partial charge in [0, 0.05) is 4.90 Å². The fourth-order valence-electron chi connectivity index (χ4n) is 0.816. The Bertz CT molecular complexity index is 254. The lowest BCUT2D eigenvalue weighted by Crippen LogP contribution is -2.15. The standard InChI is InChI=1S/C10H12OS/c1-10(2,8-11)12-9-6-4-3-5-7-9/h3-8H,1-2H3. The van der Waals surface area contributed by atoms with Crippen LogP contribution in [-0.2, 0) is 4.79 Å². The predicted molar refractivity (Wildman–Crippen MR) is 52.4 cm³/mol. The van der Waals surface area contributed by atoms with Crippen molar-refractivity contribution in [2.45, 2.75) is 23.5 Å². The summed E-state index contributed by atoms with van der Waals surface area (Å²) in [5, 5.41) is 0. The molecule has 0 amide bonds. The molecule has 12 heavy (non-hydrogen) atoms. The van der Waals surface area contributed by atoms with Crippen molar-refractivity contribution in [1.82, 2.24) is 0 Å². The second kappa shape index (κ2) is 3.76. The van der Waals surface area contributed by atoms with Crippen molar-refractivity contribution in [2.24, 2.45) is 0 Å². The lowest BCUT2D eigenvalue weighted by atomic mass is 10.2. The molecule has 0 saturated carbocycles. The van der Waals surface area contributed by atoms with Crippen molar-refractivity contribution in [1.29, 1.82) is 0 Å². The van der Waals surface area contributed by atoms with Gasteiger partial charge in [0.2, 0.25) is 0 Å². The Morgan fingerprint density at radius 3 is 2.33 bits per heavy atom. The van der Waals surface area contributed by atoms with Gasteiger partial charge in [0.25, 0.3) is 0 Å². The quantitative estimate of drug-likeness (QED) is 0.525. The highest BCUT2D eigenvalue weighted by Crippen LogP contribution is 2.29. The third-order valence-corrected chi connectivity index (χ3v) is 2.54. The number of aldehydes is 1. The smallest absolute Gasteiger partial charge is 0.135 e. The summed E-state index contributed by atoms with van der Waals surface area (Å²) in [7, 11) is 0. The zero-order valence-corrected chi connectivity index (χ0v) is 8.10. The molecule has 0 N–H and O–H groups in total. The van der Waals surface area contributed by atoms with Crippen LogP contribution in [0.15, 0.2) is 35.2 Å². The van der Waals surface area contributed by atoms with E-state index in [1.54, 1.807) is 11.8 Å². The molecule has 0 atom stereocenters. The molecule has 1 aromatic rings. The largest absolute Gasteiger partial charge is 0.302 e. The summed E-state index contributed by atoms with van der Waals surface area (Å²) < 4.78 is -0.318. The molecule has 0 saturated heterocycles. The van der Waals surface area contributed by atoms with Gasteiger partial charge in [-0.25, -0.2) is 0 Å². The minimum atomic E-state index is -0.318. The number of benzene rings is 1. The zero-order chi connectivity index (χ0) is 9.03. The monoisotopic (exact) mass is 180 g/mol. The van der Waals surface area contributed by atoms with Crippen molar-refractivity contribution in [3.8, 4) is 0 Å². The van der Waals surface area contributed by atoms with Gasteiger partial charge in [0.15, 0.2) is 0 Å². The molecule has 0 aliphatic rings. The molecular formula is C10H12OS. The van der Waals surface area contributed by atoms with Crippen molar-refractivity contribution >= 4 is 18.0 Å². The summed E-state index contributed by atoms with van der Waals surface area (Å²) >= 11 is 1.58. The van der Waals surface area contributed by atoms with Crippen LogP contribution >= 0.6 is 11.8 Å². The number of rotatable bonds is 3. The highest BCUT2D eigenvalue weighted by Gasteiger charge is 2.17. The first-order valence-electron chi connectivity index (χ1n) is 3.84. The zero-order valence-electron chi connectivity index (χ0n) is 7.28. The van der Waals surface area contributed by atoms with Gasteiger partial charge in [-0.3, -0.25) is 0 Å². The average molecular weight is 180 g/mol. The second-order valence-electron chi connectivity index (χ2n) is 3.14. The fourth-order valence-corrected chi connectivity index (χ4v) is 1.77. The third-order valence-electron chi connectivity index (χ3n) is 1.41. The highest BCUT2D eigenvalue weighted by atomic mass is 32.2. The summed E-state index contributed by atoms with van der Waals surface area (Å²) in [6.45, 7) is 3.83. The van der Waals surface area contributed by atoms with Crippen LogP contribution in [-0.4, -0.2) is 11.0 Å². The Balaban J connectivity index is 2.70. The van der Waals surface area contributed by atoms with Crippen LogP contribution in [0.1, 0.15) is 13.8 Å². The predicted octanol–water partition coefficient (Wildman–Crippen LogP) is 2.76. The summed E-state index contributed by atoms with van der Waals surface area (Å²) in [5.41, 5.74) is 0. The maximum atomic E-state index is 10.6. The van der Waals surface area contributed by atoms with E-state index in [0.29, 0.717) is 0 Å². The Morgan fingerprint density at radius 2 is 1.83 bits per heavy atom. The topological polar surface area (TPSA) is 17.1 Å². The van der Waals surface area contributed by atoms with Gasteiger partial charge in [-0.15, -0.1) is 11.8 Å². The molecule has 0 aliphatic carbocycles. The second-order valence-corrected chi connectivity index (χ2v) is 4.86. The first kappa shape index (κ1) is 9.33. The van der Waals surface area contributed by atoms with Crippen LogP contribution in [0.4, 0.5) is 0 Å². The number of carbonyl (C=O) groups excluding carboxylic acids is 1. The summed E-state index contributed by atoms with van der Waals surface area (Å²) in [6, 6.07) is 9.94. The Kier molecular flexibility index (Phi) is 2.93. The number of hydrogen-bond acceptors (Lipinski definition) is 2. The molecule has 1 rings (SSSR count). The fraction of sp³-hybridized carbons (Fsp3) is 0.300. The van der Waals surface area contributed by atoms with Crippen molar-refractivity contribution in [3.05, 3.63) is 30.3 Å². The molecule has 0 heterocycles. The minimum absolute atomic E-state index is 0.318. The molecule has 0 aliphatic heterocycles. The Morgan fingerprint density at radius 1 is 1.25 bits per heavy atom. The van der Waals surface area contributed by atoms with E-state index in [9.17, 15) is 4.79 Å². The summed E-state index contributed by atoms with van der Waals surface area (Å²) in [6.07, 6.45) is 0.977. The van der Waals surface area contributed by atoms with Crippen LogP contribution < -0.4 is 0 Å². The first-order chi connectivity index (χ1) is 5.64. The van der Waals surface area contributed by atoms with Gasteiger partial charge in [-0.05, 0) is 26.0 Å². The van der Waals surface area contributed by atoms with E-state index in [0.717, 1.165) is 11.2 Å². The maximum Gasteiger partial charge on any atom is 0.135 e. The molecule has 2 heteroatoms. The third kappa shape index (κ3) is 2.70. The molecule has 0 radical (unpaired) electrons. The highest BCUT2D eigenvalue weighted by molar-refractivity contribution is 8.01. The normalized spacial score (nSPS) is 11.2. The first-order valence-corrected chi connectivity index (χ1v) is 4.66. The van der Waals surface area contributed by atoms with Gasteiger partial charge in [-0.1, -0.05) is 18.2 Å². The van der Waals surface area contributed by atoms with E-state index < -0.39 is 0 Å². The molecule has 64 valence electrons. The molecule has 1 nitrogen and oxygen atoms in total. The van der Waals surface area contributed by atoms with Crippen molar-refractivity contribution < 1.29 is 4.79 Å². The van der Waals surface area contributed by atoms with Crippen LogP contribution in [0, 0.1) is 0 Å². The average Bonchev–Trinajstić information content (AvgIpc) is 2.06. The van der Waals surface area contributed by atoms with Gasteiger partial charge in [0.1, 0.15) is 6.29 Å². The summed E-state index contributed by atoms with van der Waals surface area (Å²) in [5.74, 6) is 0. The van der Waals surface area contributed by atoms with Gasteiger partial charge >= 0.3 is 0 Å². The molecular weight excluding hydrogens is 168 g/mol. The van der Waals surface area contributed by atoms with E-state index in [1.165, 1.54) is 0 Å². The molecule has 1 aromatic carbocycles. The molecule has 0 fully saturated rings. The van der Waals surface area contributed by atoms with E-state index in [-0.39, 0.29) is 4.75 Å². The van der Waals surface area contributed by atoms with Gasteiger partial charge in [0.05, 0.1) is 4.75 Å². The van der Waals surface area contributed by atoms with Crippen LogP contribution in [0.25, 0.3) is 0 Å². The Labute approximate surface area is 77.2 Å². The van der Waals surface area contributed by atoms with Crippen LogP contribution in [0.2, 0.25) is 0 Å². The van der Waals surface area contributed by atoms with Gasteiger partial charge in [-0.2, -0.15) is 0 Å². The van der Waals surface area contributed by atoms with Crippen molar-refractivity contribution in [3.63, 3.8) is 0 Å². The molecule has 0 bridgehead atoms. The lowest BCUT2D eigenvalue weighted by Gasteiger charge is -2.15. The lowest BCUT2D eigenvalue weighted by molar-refractivity contribution is -0.109. The number of thioether (sulfide) groups is 1. The van der Waals surface area contributed by atoms with Gasteiger partial charge < -0.3 is 4.79 Å². The van der Waals surface area contributed by atoms with Crippen LogP contribution in [0.3, 0.4) is 0 Å². The molecule has 0 aromatic heterocycles. The SMILES string of the molecule is CC(C)(C=O)Sc1ccccc1. The molecule has 0 spiro atoms. The van der Waals surface area contributed by atoms with Crippen LogP contribution in [0.5, 0.6) is 0 Å². The summed E-state index contributed by atoms with van der Waals surface area (Å²) in [4.78, 5) is 11.7. The maximum absolute atomic E-state index is 10.6. The van der Waals surface area contributed by atoms with E-state index in [1.807, 2.05) is 44.2 Å². The van der Waals surface area contributed by atoms with E-state index in [4.69, 9.17) is 0 Å². The van der Waals surface area contributed by atoms with E-state index >= 15 is 0 Å². The van der Waals surface area contributed by atoms with Crippen molar-refractivity contribution in [2.75, 3.05) is 0 Å². The number of carbonyl (C=O) groups is 1. The number of hydrogen-bond donors (Lipinski definition) is 0. The Hall–Kier alpha value is -0.760. The van der Waals surface area contributed by atoms with E-state index in [2.05, 4.69) is 0 Å².